The minimum absolute atomic E-state index is 0.0726. The molecule has 0 radical (unpaired) electrons. The molecule has 3 rings (SSSR count). The fourth-order valence-corrected chi connectivity index (χ4v) is 5.37. The predicted octanol–water partition coefficient (Wildman–Crippen LogP) is 3.07. The van der Waals surface area contributed by atoms with E-state index in [-0.39, 0.29) is 42.8 Å². The van der Waals surface area contributed by atoms with Crippen molar-refractivity contribution in [3.8, 4) is 0 Å². The fourth-order valence-electron chi connectivity index (χ4n) is 5.37. The minimum Gasteiger partial charge on any atom is -0.466 e. The van der Waals surface area contributed by atoms with E-state index in [2.05, 4.69) is 12.2 Å². The number of esters is 1. The highest BCUT2D eigenvalue weighted by atomic mass is 16.5. The minimum atomic E-state index is -0.661. The van der Waals surface area contributed by atoms with Gasteiger partial charge in [0.15, 0.2) is 0 Å². The smallest absolute Gasteiger partial charge is 0.310 e. The number of carbonyl (C=O) groups is 3. The van der Waals surface area contributed by atoms with Crippen LogP contribution in [0.15, 0.2) is 42.5 Å². The van der Waals surface area contributed by atoms with E-state index in [1.54, 1.807) is 11.8 Å². The van der Waals surface area contributed by atoms with Crippen molar-refractivity contribution in [1.82, 2.24) is 10.2 Å². The number of amides is 2. The molecule has 2 N–H and O–H groups in total. The van der Waals surface area contributed by atoms with Crippen LogP contribution in [0.5, 0.6) is 0 Å². The maximum Gasteiger partial charge on any atom is 0.310 e. The summed E-state index contributed by atoms with van der Waals surface area (Å²) >= 11 is 0. The number of aliphatic hydroxyl groups excluding tert-OH is 1. The number of nitrogens with zero attached hydrogens (tertiary/aromatic N) is 1. The number of fused-ring (bicyclic) bond motifs is 1. The normalized spacial score (nSPS) is 25.8. The number of hydrogen-bond donors (Lipinski definition) is 2. The number of aliphatic hydroxyl groups is 1. The van der Waals surface area contributed by atoms with Crippen LogP contribution in [0.4, 0.5) is 0 Å². The molecule has 1 aliphatic carbocycles. The molecule has 0 saturated carbocycles. The molecule has 0 bridgehead atoms. The summed E-state index contributed by atoms with van der Waals surface area (Å²) in [6.45, 7) is 5.00. The maximum absolute atomic E-state index is 13.7. The highest BCUT2D eigenvalue weighted by molar-refractivity contribution is 5.96. The standard InChI is InChI=1S/C27H38N2O5/c1-3-11-20-14-15-21-23(22(20)27(33)34-4-2)26(32)29(16-9-6-10-17-30)24(21)25(31)28-18-19-12-7-5-8-13-19/h5,7-8,12-15,20-24,30H,3-4,6,9-11,16-18H2,1-2H3,(H,28,31)/t20-,21+,22-,23+,24+/m1/s1. The molecule has 2 amide bonds. The monoisotopic (exact) mass is 470 g/mol. The summed E-state index contributed by atoms with van der Waals surface area (Å²) in [5.74, 6) is -2.30. The van der Waals surface area contributed by atoms with Gasteiger partial charge in [0.25, 0.3) is 0 Å². The van der Waals surface area contributed by atoms with Crippen molar-refractivity contribution in [2.75, 3.05) is 19.8 Å². The Morgan fingerprint density at radius 1 is 1.09 bits per heavy atom. The van der Waals surface area contributed by atoms with E-state index in [0.717, 1.165) is 24.8 Å². The van der Waals surface area contributed by atoms with Crippen molar-refractivity contribution >= 4 is 17.8 Å². The third-order valence-electron chi connectivity index (χ3n) is 6.93. The van der Waals surface area contributed by atoms with Crippen LogP contribution in [0.25, 0.3) is 0 Å². The number of rotatable bonds is 12. The third kappa shape index (κ3) is 5.87. The van der Waals surface area contributed by atoms with E-state index >= 15 is 0 Å². The van der Waals surface area contributed by atoms with Crippen LogP contribution in [0, 0.1) is 23.7 Å². The quantitative estimate of drug-likeness (QED) is 0.278. The lowest BCUT2D eigenvalue weighted by Crippen LogP contribution is -2.47. The zero-order valence-electron chi connectivity index (χ0n) is 20.3. The van der Waals surface area contributed by atoms with Gasteiger partial charge in [-0.2, -0.15) is 0 Å². The second-order valence-electron chi connectivity index (χ2n) is 9.18. The Kier molecular flexibility index (Phi) is 9.69. The van der Waals surface area contributed by atoms with Crippen LogP contribution in [-0.4, -0.2) is 53.6 Å². The SMILES string of the molecule is CCC[C@@H]1C=C[C@H]2[C@H](C(=O)N(CCCCCO)[C@@H]2C(=O)NCc2ccccc2)[C@@H]1C(=O)OCC. The highest BCUT2D eigenvalue weighted by Gasteiger charge is 2.57. The molecule has 1 aromatic carbocycles. The van der Waals surface area contributed by atoms with Crippen molar-refractivity contribution in [1.29, 1.82) is 0 Å². The zero-order chi connectivity index (χ0) is 24.5. The predicted molar refractivity (Wildman–Crippen MR) is 129 cm³/mol. The van der Waals surface area contributed by atoms with E-state index in [0.29, 0.717) is 25.9 Å². The molecule has 0 aromatic heterocycles. The van der Waals surface area contributed by atoms with Gasteiger partial charge in [-0.05, 0) is 44.1 Å². The Morgan fingerprint density at radius 3 is 2.53 bits per heavy atom. The van der Waals surface area contributed by atoms with Gasteiger partial charge in [0, 0.05) is 25.6 Å². The molecule has 1 fully saturated rings. The van der Waals surface area contributed by atoms with Gasteiger partial charge >= 0.3 is 5.97 Å². The first kappa shape index (κ1) is 25.9. The van der Waals surface area contributed by atoms with E-state index in [1.165, 1.54) is 0 Å². The summed E-state index contributed by atoms with van der Waals surface area (Å²) in [6.07, 6.45) is 7.80. The first-order valence-electron chi connectivity index (χ1n) is 12.6. The molecule has 7 nitrogen and oxygen atoms in total. The molecule has 7 heteroatoms. The number of hydrogen-bond acceptors (Lipinski definition) is 5. The summed E-state index contributed by atoms with van der Waals surface area (Å²) in [5.41, 5.74) is 0.984. The molecule has 1 aromatic rings. The maximum atomic E-state index is 13.7. The van der Waals surface area contributed by atoms with Gasteiger partial charge in [0.2, 0.25) is 11.8 Å². The summed E-state index contributed by atoms with van der Waals surface area (Å²) in [7, 11) is 0. The molecular weight excluding hydrogens is 432 g/mol. The van der Waals surface area contributed by atoms with Gasteiger partial charge in [0.1, 0.15) is 6.04 Å². The summed E-state index contributed by atoms with van der Waals surface area (Å²) < 4.78 is 5.39. The molecule has 0 spiro atoms. The number of carbonyl (C=O) groups excluding carboxylic acids is 3. The largest absolute Gasteiger partial charge is 0.466 e. The second kappa shape index (κ2) is 12.7. The average Bonchev–Trinajstić information content (AvgIpc) is 3.12. The second-order valence-corrected chi connectivity index (χ2v) is 9.18. The first-order valence-corrected chi connectivity index (χ1v) is 12.6. The van der Waals surface area contributed by atoms with Crippen LogP contribution in [0.1, 0.15) is 51.5 Å². The third-order valence-corrected chi connectivity index (χ3v) is 6.93. The summed E-state index contributed by atoms with van der Waals surface area (Å²) in [5, 5.41) is 12.1. The molecule has 186 valence electrons. The lowest BCUT2D eigenvalue weighted by atomic mass is 9.69. The van der Waals surface area contributed by atoms with Gasteiger partial charge in [-0.3, -0.25) is 14.4 Å². The van der Waals surface area contributed by atoms with Crippen LogP contribution in [-0.2, 0) is 25.7 Å². The Morgan fingerprint density at radius 2 is 1.85 bits per heavy atom. The van der Waals surface area contributed by atoms with Crippen LogP contribution in [0.3, 0.4) is 0 Å². The highest BCUT2D eigenvalue weighted by Crippen LogP contribution is 2.45. The Bertz CT molecular complexity index is 856. The van der Waals surface area contributed by atoms with Crippen molar-refractivity contribution in [2.45, 2.75) is 58.5 Å². The molecule has 0 unspecified atom stereocenters. The topological polar surface area (TPSA) is 95.9 Å². The van der Waals surface area contributed by atoms with Gasteiger partial charge in [-0.15, -0.1) is 0 Å². The number of unbranched alkanes of at least 4 members (excludes halogenated alkanes) is 2. The van der Waals surface area contributed by atoms with E-state index in [9.17, 15) is 14.4 Å². The van der Waals surface area contributed by atoms with Crippen LogP contribution in [0.2, 0.25) is 0 Å². The van der Waals surface area contributed by atoms with E-state index in [1.807, 2.05) is 42.5 Å². The lowest BCUT2D eigenvalue weighted by Gasteiger charge is -2.33. The van der Waals surface area contributed by atoms with Gasteiger partial charge in [-0.25, -0.2) is 0 Å². The van der Waals surface area contributed by atoms with Gasteiger partial charge in [0.05, 0.1) is 18.4 Å². The van der Waals surface area contributed by atoms with E-state index in [4.69, 9.17) is 9.84 Å². The molecule has 1 saturated heterocycles. The van der Waals surface area contributed by atoms with Gasteiger partial charge in [-0.1, -0.05) is 55.8 Å². The molecule has 2 aliphatic rings. The summed E-state index contributed by atoms with van der Waals surface area (Å²) in [6, 6.07) is 9.00. The molecular formula is C27H38N2O5. The number of nitrogens with one attached hydrogen (secondary N) is 1. The van der Waals surface area contributed by atoms with Gasteiger partial charge < -0.3 is 20.1 Å². The Hall–Kier alpha value is -2.67. The number of benzene rings is 1. The van der Waals surface area contributed by atoms with Crippen molar-refractivity contribution < 1.29 is 24.2 Å². The van der Waals surface area contributed by atoms with Crippen molar-refractivity contribution in [3.05, 3.63) is 48.0 Å². The van der Waals surface area contributed by atoms with Crippen molar-refractivity contribution in [2.24, 2.45) is 23.7 Å². The number of likely N-dealkylation sites (tertiary alicyclic amines) is 1. The van der Waals surface area contributed by atoms with Crippen molar-refractivity contribution in [3.63, 3.8) is 0 Å². The summed E-state index contributed by atoms with van der Waals surface area (Å²) in [4.78, 5) is 41.8. The molecule has 1 heterocycles. The molecule has 1 aliphatic heterocycles. The molecule has 34 heavy (non-hydrogen) atoms. The number of allylic oxidation sites excluding steroid dienone is 1. The Labute approximate surface area is 202 Å². The molecule has 5 atom stereocenters. The van der Waals surface area contributed by atoms with E-state index < -0.39 is 17.9 Å². The first-order chi connectivity index (χ1) is 16.5. The fraction of sp³-hybridized carbons (Fsp3) is 0.593. The lowest BCUT2D eigenvalue weighted by molar-refractivity contribution is -0.155. The number of ether oxygens (including phenoxy) is 1. The zero-order valence-corrected chi connectivity index (χ0v) is 20.3. The average molecular weight is 471 g/mol. The van der Waals surface area contributed by atoms with Crippen LogP contribution < -0.4 is 5.32 Å². The van der Waals surface area contributed by atoms with Crippen LogP contribution >= 0.6 is 0 Å². The Balaban J connectivity index is 1.87.